The zero-order chi connectivity index (χ0) is 19.7. The van der Waals surface area contributed by atoms with Gasteiger partial charge in [-0.15, -0.1) is 0 Å². The second-order valence-corrected chi connectivity index (χ2v) is 7.72. The van der Waals surface area contributed by atoms with Gasteiger partial charge in [-0.1, -0.05) is 30.7 Å². The first-order chi connectivity index (χ1) is 13.5. The molecule has 6 heteroatoms. The fourth-order valence-corrected chi connectivity index (χ4v) is 3.56. The summed E-state index contributed by atoms with van der Waals surface area (Å²) in [6.45, 7) is 4.11. The van der Waals surface area contributed by atoms with E-state index in [0.29, 0.717) is 28.8 Å². The largest absolute Gasteiger partial charge is 0.339 e. The van der Waals surface area contributed by atoms with Gasteiger partial charge in [0.25, 0.3) is 0 Å². The van der Waals surface area contributed by atoms with E-state index in [1.165, 1.54) is 0 Å². The van der Waals surface area contributed by atoms with Crippen LogP contribution in [0.3, 0.4) is 0 Å². The van der Waals surface area contributed by atoms with Gasteiger partial charge in [-0.2, -0.15) is 4.98 Å². The van der Waals surface area contributed by atoms with Crippen molar-refractivity contribution in [1.82, 2.24) is 9.97 Å². The highest BCUT2D eigenvalue weighted by Gasteiger charge is 2.28. The summed E-state index contributed by atoms with van der Waals surface area (Å²) in [6.07, 6.45) is 1.26. The van der Waals surface area contributed by atoms with E-state index in [1.54, 1.807) is 12.1 Å². The summed E-state index contributed by atoms with van der Waals surface area (Å²) in [7, 11) is 0. The zero-order valence-electron chi connectivity index (χ0n) is 15.8. The molecule has 2 N–H and O–H groups in total. The maximum atomic E-state index is 12.7. The molecule has 28 heavy (non-hydrogen) atoms. The lowest BCUT2D eigenvalue weighted by Crippen LogP contribution is -2.22. The molecule has 1 aliphatic rings. The minimum Gasteiger partial charge on any atom is -0.339 e. The van der Waals surface area contributed by atoms with Gasteiger partial charge in [0.15, 0.2) is 5.78 Å². The molecule has 5 nitrogen and oxygen atoms in total. The number of nitrogens with one attached hydrogen (secondary N) is 2. The van der Waals surface area contributed by atoms with Crippen molar-refractivity contribution in [2.75, 3.05) is 10.6 Å². The van der Waals surface area contributed by atoms with Crippen molar-refractivity contribution < 1.29 is 4.79 Å². The molecular weight excluding hydrogens is 372 g/mol. The number of hydrogen-bond donors (Lipinski definition) is 2. The molecule has 0 amide bonds. The van der Waals surface area contributed by atoms with Crippen LogP contribution in [0.4, 0.5) is 23.1 Å². The van der Waals surface area contributed by atoms with Crippen LogP contribution < -0.4 is 10.6 Å². The van der Waals surface area contributed by atoms with Gasteiger partial charge in [-0.3, -0.25) is 4.79 Å². The van der Waals surface area contributed by atoms with Crippen molar-refractivity contribution in [3.63, 3.8) is 0 Å². The van der Waals surface area contributed by atoms with Gasteiger partial charge < -0.3 is 10.6 Å². The number of benzene rings is 2. The van der Waals surface area contributed by atoms with Crippen LogP contribution in [0.2, 0.25) is 5.02 Å². The average Bonchev–Trinajstić information content (AvgIpc) is 2.63. The SMILES string of the molecule is Cc1cccc(Nc2nc3c(c(Nc4ccc(Cl)cc4)n2)C(=O)CC(C)C3)c1. The van der Waals surface area contributed by atoms with Gasteiger partial charge in [-0.25, -0.2) is 4.98 Å². The molecule has 1 aromatic heterocycles. The van der Waals surface area contributed by atoms with Crippen molar-refractivity contribution in [2.24, 2.45) is 5.92 Å². The minimum atomic E-state index is 0.0762. The predicted octanol–water partition coefficient (Wildman–Crippen LogP) is 5.69. The van der Waals surface area contributed by atoms with E-state index >= 15 is 0 Å². The lowest BCUT2D eigenvalue weighted by Gasteiger charge is -2.23. The molecule has 0 radical (unpaired) electrons. The summed E-state index contributed by atoms with van der Waals surface area (Å²) in [6, 6.07) is 15.3. The molecule has 4 rings (SSSR count). The Morgan fingerprint density at radius 1 is 1.00 bits per heavy atom. The Bertz CT molecular complexity index is 1030. The van der Waals surface area contributed by atoms with Crippen molar-refractivity contribution >= 4 is 40.5 Å². The van der Waals surface area contributed by atoms with E-state index in [-0.39, 0.29) is 11.7 Å². The number of hydrogen-bond acceptors (Lipinski definition) is 5. The average molecular weight is 393 g/mol. The van der Waals surface area contributed by atoms with E-state index in [9.17, 15) is 4.79 Å². The molecule has 0 saturated heterocycles. The van der Waals surface area contributed by atoms with Crippen molar-refractivity contribution in [2.45, 2.75) is 26.7 Å². The maximum absolute atomic E-state index is 12.7. The van der Waals surface area contributed by atoms with Gasteiger partial charge in [0.1, 0.15) is 5.82 Å². The first-order valence-electron chi connectivity index (χ1n) is 9.28. The standard InChI is InChI=1S/C22H21ClN4O/c1-13-4-3-5-17(10-13)25-22-26-18-11-14(2)12-19(28)20(18)21(27-22)24-16-8-6-15(23)7-9-16/h3-10,14H,11-12H2,1-2H3,(H2,24,25,26,27). The number of aromatic nitrogens is 2. The summed E-state index contributed by atoms with van der Waals surface area (Å²) < 4.78 is 0. The van der Waals surface area contributed by atoms with Crippen LogP contribution in [0.5, 0.6) is 0 Å². The summed E-state index contributed by atoms with van der Waals surface area (Å²) >= 11 is 5.98. The number of Topliss-reactive ketones (excluding diaryl/α,β-unsaturated/α-hetero) is 1. The van der Waals surface area contributed by atoms with Crippen molar-refractivity contribution in [3.8, 4) is 0 Å². The van der Waals surface area contributed by atoms with Crippen LogP contribution >= 0.6 is 11.6 Å². The number of halogens is 1. The first kappa shape index (κ1) is 18.4. The predicted molar refractivity (Wildman–Crippen MR) is 113 cm³/mol. The fourth-order valence-electron chi connectivity index (χ4n) is 3.44. The third kappa shape index (κ3) is 3.99. The third-order valence-corrected chi connectivity index (χ3v) is 4.97. The number of carbonyl (C=O) groups is 1. The van der Waals surface area contributed by atoms with E-state index < -0.39 is 0 Å². The van der Waals surface area contributed by atoms with E-state index in [0.717, 1.165) is 29.1 Å². The maximum Gasteiger partial charge on any atom is 0.229 e. The molecule has 142 valence electrons. The summed E-state index contributed by atoms with van der Waals surface area (Å²) in [5.74, 6) is 1.35. The lowest BCUT2D eigenvalue weighted by molar-refractivity contribution is 0.0953. The Balaban J connectivity index is 1.74. The highest BCUT2D eigenvalue weighted by Crippen LogP contribution is 2.32. The molecule has 1 heterocycles. The number of fused-ring (bicyclic) bond motifs is 1. The van der Waals surface area contributed by atoms with Crippen molar-refractivity contribution in [1.29, 1.82) is 0 Å². The van der Waals surface area contributed by atoms with E-state index in [1.807, 2.05) is 43.3 Å². The van der Waals surface area contributed by atoms with Crippen molar-refractivity contribution in [3.05, 3.63) is 70.4 Å². The fraction of sp³-hybridized carbons (Fsp3) is 0.227. The van der Waals surface area contributed by atoms with Crippen LogP contribution in [0.25, 0.3) is 0 Å². The van der Waals surface area contributed by atoms with E-state index in [2.05, 4.69) is 27.5 Å². The van der Waals surface area contributed by atoms with Crippen LogP contribution in [0, 0.1) is 12.8 Å². The van der Waals surface area contributed by atoms with Gasteiger partial charge in [0, 0.05) is 22.8 Å². The highest BCUT2D eigenvalue weighted by molar-refractivity contribution is 6.30. The molecule has 0 aliphatic heterocycles. The molecule has 0 fully saturated rings. The molecule has 1 atom stereocenters. The highest BCUT2D eigenvalue weighted by atomic mass is 35.5. The second-order valence-electron chi connectivity index (χ2n) is 7.28. The Morgan fingerprint density at radius 3 is 2.54 bits per heavy atom. The van der Waals surface area contributed by atoms with Crippen LogP contribution in [-0.4, -0.2) is 15.8 Å². The van der Waals surface area contributed by atoms with Gasteiger partial charge >= 0.3 is 0 Å². The van der Waals surface area contributed by atoms with Crippen LogP contribution in [0.15, 0.2) is 48.5 Å². The number of aryl methyl sites for hydroxylation is 1. The lowest BCUT2D eigenvalue weighted by atomic mass is 9.87. The summed E-state index contributed by atoms with van der Waals surface area (Å²) in [5.41, 5.74) is 4.24. The number of anilines is 4. The summed E-state index contributed by atoms with van der Waals surface area (Å²) in [4.78, 5) is 22.0. The normalized spacial score (nSPS) is 15.8. The molecule has 0 saturated carbocycles. The first-order valence-corrected chi connectivity index (χ1v) is 9.66. The number of rotatable bonds is 4. The molecule has 1 unspecified atom stereocenters. The number of ketones is 1. The molecular formula is C22H21ClN4O. The van der Waals surface area contributed by atoms with Crippen LogP contribution in [0.1, 0.15) is 35.0 Å². The second kappa shape index (κ2) is 7.60. The monoisotopic (exact) mass is 392 g/mol. The molecule has 1 aliphatic carbocycles. The summed E-state index contributed by atoms with van der Waals surface area (Å²) in [5, 5.41) is 7.19. The number of carbonyl (C=O) groups excluding carboxylic acids is 1. The molecule has 0 bridgehead atoms. The third-order valence-electron chi connectivity index (χ3n) is 4.72. The Morgan fingerprint density at radius 2 is 1.79 bits per heavy atom. The zero-order valence-corrected chi connectivity index (χ0v) is 16.5. The minimum absolute atomic E-state index is 0.0762. The molecule has 0 spiro atoms. The van der Waals surface area contributed by atoms with Crippen LogP contribution in [-0.2, 0) is 6.42 Å². The Kier molecular flexibility index (Phi) is 5.01. The molecule has 3 aromatic rings. The van der Waals surface area contributed by atoms with Gasteiger partial charge in [-0.05, 0) is 61.2 Å². The van der Waals surface area contributed by atoms with Gasteiger partial charge in [0.2, 0.25) is 5.95 Å². The molecule has 2 aromatic carbocycles. The smallest absolute Gasteiger partial charge is 0.229 e. The Labute approximate surface area is 169 Å². The topological polar surface area (TPSA) is 66.9 Å². The van der Waals surface area contributed by atoms with Gasteiger partial charge in [0.05, 0.1) is 11.3 Å². The quantitative estimate of drug-likeness (QED) is 0.596. The van der Waals surface area contributed by atoms with E-state index in [4.69, 9.17) is 11.6 Å². The number of nitrogens with zero attached hydrogens (tertiary/aromatic N) is 2. The Hall–Kier alpha value is -2.92.